The van der Waals surface area contributed by atoms with Crippen LogP contribution in [0.1, 0.15) is 56.4 Å². The van der Waals surface area contributed by atoms with Gasteiger partial charge >= 0.3 is 5.97 Å². The minimum Gasteiger partial charge on any atom is -0.324 e. The molecule has 1 heterocycles. The first kappa shape index (κ1) is 16.2. The van der Waals surface area contributed by atoms with E-state index in [-0.39, 0.29) is 22.6 Å². The Hall–Kier alpha value is -2.66. The van der Waals surface area contributed by atoms with Crippen LogP contribution in [0.15, 0.2) is 42.5 Å². The van der Waals surface area contributed by atoms with Crippen LogP contribution in [-0.2, 0) is 4.84 Å². The zero-order valence-corrected chi connectivity index (χ0v) is 13.8. The maximum Gasteiger partial charge on any atom is 0.364 e. The summed E-state index contributed by atoms with van der Waals surface area (Å²) in [5, 5.41) is 0.916. The number of halogens is 1. The Morgan fingerprint density at radius 2 is 1.62 bits per heavy atom. The second-order valence-corrected chi connectivity index (χ2v) is 6.13. The summed E-state index contributed by atoms with van der Waals surface area (Å²) in [6.07, 6.45) is 0. The van der Waals surface area contributed by atoms with Gasteiger partial charge in [0.2, 0.25) is 0 Å². The standard InChI is InChI=1S/C18H14ClNO4/c1-10(2)12-8-7-11(9-15(12)19)18(23)24-20-16(21)13-5-3-4-6-14(13)17(20)22/h3-10H,1-2H3. The molecule has 0 unspecified atom stereocenters. The van der Waals surface area contributed by atoms with Gasteiger partial charge in [0, 0.05) is 5.02 Å². The Morgan fingerprint density at radius 3 is 2.12 bits per heavy atom. The lowest BCUT2D eigenvalue weighted by molar-refractivity contribution is -0.0584. The summed E-state index contributed by atoms with van der Waals surface area (Å²) >= 11 is 6.16. The molecule has 0 atom stereocenters. The number of amides is 2. The first-order chi connectivity index (χ1) is 11.4. The third kappa shape index (κ3) is 2.67. The number of hydrogen-bond acceptors (Lipinski definition) is 4. The number of carbonyl (C=O) groups excluding carboxylic acids is 3. The van der Waals surface area contributed by atoms with Crippen LogP contribution in [0.3, 0.4) is 0 Å². The molecule has 1 aliphatic heterocycles. The van der Waals surface area contributed by atoms with Crippen LogP contribution >= 0.6 is 11.6 Å². The molecule has 0 N–H and O–H groups in total. The number of benzene rings is 2. The molecule has 0 radical (unpaired) electrons. The van der Waals surface area contributed by atoms with E-state index >= 15 is 0 Å². The van der Waals surface area contributed by atoms with E-state index in [1.807, 2.05) is 13.8 Å². The molecule has 1 aliphatic rings. The summed E-state index contributed by atoms with van der Waals surface area (Å²) in [7, 11) is 0. The van der Waals surface area contributed by atoms with E-state index in [4.69, 9.17) is 16.4 Å². The van der Waals surface area contributed by atoms with Crippen LogP contribution in [0, 0.1) is 0 Å². The van der Waals surface area contributed by atoms with Gasteiger partial charge in [0.1, 0.15) is 0 Å². The molecule has 0 saturated carbocycles. The number of imide groups is 1. The van der Waals surface area contributed by atoms with Gasteiger partial charge in [0.25, 0.3) is 11.8 Å². The maximum atomic E-state index is 12.2. The van der Waals surface area contributed by atoms with Crippen LogP contribution in [0.25, 0.3) is 0 Å². The molecule has 0 bridgehead atoms. The number of fused-ring (bicyclic) bond motifs is 1. The lowest BCUT2D eigenvalue weighted by Gasteiger charge is -2.14. The van der Waals surface area contributed by atoms with Crippen LogP contribution in [0.4, 0.5) is 0 Å². The minimum atomic E-state index is -0.818. The highest BCUT2D eigenvalue weighted by molar-refractivity contribution is 6.31. The monoisotopic (exact) mass is 343 g/mol. The smallest absolute Gasteiger partial charge is 0.324 e. The van der Waals surface area contributed by atoms with Crippen molar-refractivity contribution < 1.29 is 19.2 Å². The van der Waals surface area contributed by atoms with Crippen molar-refractivity contribution in [1.29, 1.82) is 0 Å². The predicted octanol–water partition coefficient (Wildman–Crippen LogP) is 3.83. The Balaban J connectivity index is 1.83. The van der Waals surface area contributed by atoms with E-state index in [2.05, 4.69) is 0 Å². The molecule has 2 amide bonds. The number of rotatable bonds is 3. The molecule has 0 spiro atoms. The molecule has 2 aromatic carbocycles. The van der Waals surface area contributed by atoms with E-state index in [1.54, 1.807) is 24.3 Å². The molecule has 2 aromatic rings. The van der Waals surface area contributed by atoms with Gasteiger partial charge in [-0.2, -0.15) is 0 Å². The average Bonchev–Trinajstić information content (AvgIpc) is 2.80. The van der Waals surface area contributed by atoms with Crippen molar-refractivity contribution in [3.05, 3.63) is 69.7 Å². The SMILES string of the molecule is CC(C)c1ccc(C(=O)ON2C(=O)c3ccccc3C2=O)cc1Cl. The third-order valence-electron chi connectivity index (χ3n) is 3.79. The third-order valence-corrected chi connectivity index (χ3v) is 4.12. The van der Waals surface area contributed by atoms with Crippen molar-refractivity contribution >= 4 is 29.4 Å². The zero-order valence-electron chi connectivity index (χ0n) is 13.1. The fraction of sp³-hybridized carbons (Fsp3) is 0.167. The second kappa shape index (κ2) is 6.09. The van der Waals surface area contributed by atoms with Gasteiger partial charge in [-0.1, -0.05) is 48.7 Å². The van der Waals surface area contributed by atoms with E-state index in [0.29, 0.717) is 10.1 Å². The van der Waals surface area contributed by atoms with Crippen molar-refractivity contribution in [1.82, 2.24) is 5.06 Å². The van der Waals surface area contributed by atoms with E-state index in [9.17, 15) is 14.4 Å². The molecule has 0 fully saturated rings. The highest BCUT2D eigenvalue weighted by atomic mass is 35.5. The van der Waals surface area contributed by atoms with Crippen LogP contribution in [0.5, 0.6) is 0 Å². The largest absolute Gasteiger partial charge is 0.364 e. The van der Waals surface area contributed by atoms with Gasteiger partial charge in [0.15, 0.2) is 0 Å². The Bertz CT molecular complexity index is 825. The van der Waals surface area contributed by atoms with Gasteiger partial charge < -0.3 is 4.84 Å². The van der Waals surface area contributed by atoms with Gasteiger partial charge in [-0.25, -0.2) is 4.79 Å². The molecule has 122 valence electrons. The van der Waals surface area contributed by atoms with Crippen molar-refractivity contribution in [2.45, 2.75) is 19.8 Å². The number of hydrogen-bond donors (Lipinski definition) is 0. The van der Waals surface area contributed by atoms with E-state index in [1.165, 1.54) is 18.2 Å². The Morgan fingerprint density at radius 1 is 1.04 bits per heavy atom. The molecular weight excluding hydrogens is 330 g/mol. The zero-order chi connectivity index (χ0) is 17.4. The number of hydroxylamine groups is 2. The van der Waals surface area contributed by atoms with E-state index < -0.39 is 17.8 Å². The Kier molecular flexibility index (Phi) is 4.11. The number of nitrogens with zero attached hydrogens (tertiary/aromatic N) is 1. The summed E-state index contributed by atoms with van der Waals surface area (Å²) in [6.45, 7) is 3.97. The number of carbonyl (C=O) groups is 3. The molecule has 0 aliphatic carbocycles. The van der Waals surface area contributed by atoms with E-state index in [0.717, 1.165) is 5.56 Å². The lowest BCUT2D eigenvalue weighted by atomic mass is 10.0. The average molecular weight is 344 g/mol. The summed E-state index contributed by atoms with van der Waals surface area (Å²) in [5.41, 5.74) is 1.49. The van der Waals surface area contributed by atoms with Crippen molar-refractivity contribution in [3.63, 3.8) is 0 Å². The summed E-state index contributed by atoms with van der Waals surface area (Å²) in [5.74, 6) is -1.93. The topological polar surface area (TPSA) is 63.7 Å². The van der Waals surface area contributed by atoms with Crippen molar-refractivity contribution in [2.75, 3.05) is 0 Å². The van der Waals surface area contributed by atoms with Crippen molar-refractivity contribution in [3.8, 4) is 0 Å². The fourth-order valence-corrected chi connectivity index (χ4v) is 2.91. The summed E-state index contributed by atoms with van der Waals surface area (Å²) < 4.78 is 0. The van der Waals surface area contributed by atoms with Gasteiger partial charge in [-0.3, -0.25) is 9.59 Å². The summed E-state index contributed by atoms with van der Waals surface area (Å²) in [6, 6.07) is 11.1. The normalized spacial score (nSPS) is 13.4. The first-order valence-corrected chi connectivity index (χ1v) is 7.77. The molecule has 0 saturated heterocycles. The first-order valence-electron chi connectivity index (χ1n) is 7.39. The maximum absolute atomic E-state index is 12.2. The molecule has 6 heteroatoms. The second-order valence-electron chi connectivity index (χ2n) is 5.72. The minimum absolute atomic E-state index is 0.168. The molecule has 0 aromatic heterocycles. The molecule has 3 rings (SSSR count). The van der Waals surface area contributed by atoms with Gasteiger partial charge in [-0.15, -0.1) is 0 Å². The van der Waals surface area contributed by atoms with Crippen LogP contribution in [-0.4, -0.2) is 22.8 Å². The van der Waals surface area contributed by atoms with Crippen molar-refractivity contribution in [2.24, 2.45) is 0 Å². The lowest BCUT2D eigenvalue weighted by Crippen LogP contribution is -2.32. The van der Waals surface area contributed by atoms with Gasteiger partial charge in [0.05, 0.1) is 16.7 Å². The van der Waals surface area contributed by atoms with Crippen LogP contribution in [0.2, 0.25) is 5.02 Å². The van der Waals surface area contributed by atoms with Gasteiger partial charge in [-0.05, 0) is 35.7 Å². The summed E-state index contributed by atoms with van der Waals surface area (Å²) in [4.78, 5) is 41.6. The molecular formula is C18H14ClNO4. The highest BCUT2D eigenvalue weighted by Gasteiger charge is 2.38. The molecule has 24 heavy (non-hydrogen) atoms. The highest BCUT2D eigenvalue weighted by Crippen LogP contribution is 2.27. The van der Waals surface area contributed by atoms with Crippen LogP contribution < -0.4 is 0 Å². The molecule has 5 nitrogen and oxygen atoms in total. The Labute approximate surface area is 143 Å². The quantitative estimate of drug-likeness (QED) is 0.794. The predicted molar refractivity (Wildman–Crippen MR) is 87.9 cm³/mol. The fourth-order valence-electron chi connectivity index (χ4n) is 2.51.